The van der Waals surface area contributed by atoms with Crippen molar-refractivity contribution in [3.05, 3.63) is 12.4 Å². The molecule has 12 heavy (non-hydrogen) atoms. The molecule has 3 nitrogen and oxygen atoms in total. The van der Waals surface area contributed by atoms with Crippen molar-refractivity contribution in [3.8, 4) is 0 Å². The Morgan fingerprint density at radius 3 is 3.00 bits per heavy atom. The Labute approximate surface area is 77.6 Å². The second-order valence-corrected chi connectivity index (χ2v) is 3.81. The summed E-state index contributed by atoms with van der Waals surface area (Å²) in [7, 11) is 3.99. The number of nitrogens with one attached hydrogen (secondary N) is 1. The molecular formula is C8H15N3S. The van der Waals surface area contributed by atoms with Crippen LogP contribution in [-0.4, -0.2) is 28.4 Å². The number of hydrogen-bond acceptors (Lipinski definition) is 3. The zero-order valence-corrected chi connectivity index (χ0v) is 8.56. The van der Waals surface area contributed by atoms with Gasteiger partial charge in [0.1, 0.15) is 0 Å². The highest BCUT2D eigenvalue weighted by atomic mass is 32.2. The summed E-state index contributed by atoms with van der Waals surface area (Å²) in [5.41, 5.74) is 0. The van der Waals surface area contributed by atoms with Gasteiger partial charge in [-0.2, -0.15) is 0 Å². The van der Waals surface area contributed by atoms with Crippen LogP contribution >= 0.6 is 11.8 Å². The van der Waals surface area contributed by atoms with E-state index in [0.717, 1.165) is 10.9 Å². The van der Waals surface area contributed by atoms with Gasteiger partial charge in [-0.1, -0.05) is 11.8 Å². The third-order valence-electron chi connectivity index (χ3n) is 1.73. The van der Waals surface area contributed by atoms with E-state index in [1.807, 2.05) is 31.1 Å². The van der Waals surface area contributed by atoms with Gasteiger partial charge in [0.25, 0.3) is 0 Å². The van der Waals surface area contributed by atoms with E-state index in [1.54, 1.807) is 11.8 Å². The summed E-state index contributed by atoms with van der Waals surface area (Å²) in [6, 6.07) is 0.534. The molecule has 68 valence electrons. The van der Waals surface area contributed by atoms with Crippen molar-refractivity contribution in [2.45, 2.75) is 18.1 Å². The molecule has 0 spiro atoms. The molecule has 1 heterocycles. The smallest absolute Gasteiger partial charge is 0.167 e. The van der Waals surface area contributed by atoms with E-state index in [-0.39, 0.29) is 0 Å². The first-order chi connectivity index (χ1) is 5.74. The van der Waals surface area contributed by atoms with Crippen LogP contribution in [0.2, 0.25) is 0 Å². The highest BCUT2D eigenvalue weighted by Gasteiger charge is 2.02. The van der Waals surface area contributed by atoms with Gasteiger partial charge in [-0.3, -0.25) is 0 Å². The van der Waals surface area contributed by atoms with Gasteiger partial charge in [0.15, 0.2) is 5.16 Å². The molecule has 0 amide bonds. The van der Waals surface area contributed by atoms with Crippen molar-refractivity contribution in [3.63, 3.8) is 0 Å². The lowest BCUT2D eigenvalue weighted by molar-refractivity contribution is 0.674. The van der Waals surface area contributed by atoms with Crippen LogP contribution in [0.3, 0.4) is 0 Å². The second kappa shape index (κ2) is 4.52. The van der Waals surface area contributed by atoms with E-state index in [2.05, 4.69) is 17.2 Å². The van der Waals surface area contributed by atoms with Crippen LogP contribution in [0.4, 0.5) is 0 Å². The molecular weight excluding hydrogens is 170 g/mol. The summed E-state index contributed by atoms with van der Waals surface area (Å²) in [5, 5.41) is 4.27. The Kier molecular flexibility index (Phi) is 3.62. The van der Waals surface area contributed by atoms with Crippen LogP contribution in [0.15, 0.2) is 17.6 Å². The van der Waals surface area contributed by atoms with Crippen LogP contribution < -0.4 is 5.32 Å². The number of aromatic nitrogens is 2. The molecule has 1 N–H and O–H groups in total. The summed E-state index contributed by atoms with van der Waals surface area (Å²) in [6.45, 7) is 2.16. The molecule has 1 aromatic rings. The summed E-state index contributed by atoms with van der Waals surface area (Å²) in [6.07, 6.45) is 3.79. The predicted octanol–water partition coefficient (Wildman–Crippen LogP) is 1.12. The van der Waals surface area contributed by atoms with Crippen molar-refractivity contribution in [2.75, 3.05) is 12.8 Å². The topological polar surface area (TPSA) is 29.9 Å². The average Bonchev–Trinajstić information content (AvgIpc) is 2.47. The predicted molar refractivity (Wildman–Crippen MR) is 52.5 cm³/mol. The minimum atomic E-state index is 0.534. The van der Waals surface area contributed by atoms with E-state index >= 15 is 0 Å². The molecule has 1 aromatic heterocycles. The van der Waals surface area contributed by atoms with E-state index in [4.69, 9.17) is 0 Å². The molecule has 0 aromatic carbocycles. The van der Waals surface area contributed by atoms with Crippen LogP contribution in [0.25, 0.3) is 0 Å². The maximum absolute atomic E-state index is 4.22. The van der Waals surface area contributed by atoms with Gasteiger partial charge in [0.2, 0.25) is 0 Å². The standard InChI is InChI=1S/C8H15N3S/c1-7(9-2)6-12-8-10-4-5-11(8)3/h4-5,7,9H,6H2,1-3H3. The molecule has 1 atom stereocenters. The van der Waals surface area contributed by atoms with Crippen molar-refractivity contribution in [2.24, 2.45) is 7.05 Å². The molecule has 0 radical (unpaired) electrons. The van der Waals surface area contributed by atoms with Gasteiger partial charge in [-0.25, -0.2) is 4.98 Å². The fourth-order valence-corrected chi connectivity index (χ4v) is 1.74. The van der Waals surface area contributed by atoms with Crippen molar-refractivity contribution in [1.29, 1.82) is 0 Å². The molecule has 0 saturated heterocycles. The van der Waals surface area contributed by atoms with Gasteiger partial charge in [0, 0.05) is 31.2 Å². The number of thioether (sulfide) groups is 1. The molecule has 4 heteroatoms. The number of aryl methyl sites for hydroxylation is 1. The molecule has 1 rings (SSSR count). The Hall–Kier alpha value is -0.480. The Bertz CT molecular complexity index is 234. The fourth-order valence-electron chi connectivity index (χ4n) is 0.774. The molecule has 0 saturated carbocycles. The van der Waals surface area contributed by atoms with Crippen LogP contribution in [0, 0.1) is 0 Å². The van der Waals surface area contributed by atoms with Gasteiger partial charge in [-0.05, 0) is 14.0 Å². The zero-order chi connectivity index (χ0) is 8.97. The normalized spacial score (nSPS) is 13.2. The maximum atomic E-state index is 4.22. The van der Waals surface area contributed by atoms with Gasteiger partial charge in [-0.15, -0.1) is 0 Å². The lowest BCUT2D eigenvalue weighted by Crippen LogP contribution is -2.23. The maximum Gasteiger partial charge on any atom is 0.167 e. The Balaban J connectivity index is 2.38. The SMILES string of the molecule is CNC(C)CSc1nccn1C. The number of rotatable bonds is 4. The fraction of sp³-hybridized carbons (Fsp3) is 0.625. The first kappa shape index (κ1) is 9.61. The highest BCUT2D eigenvalue weighted by molar-refractivity contribution is 7.99. The summed E-state index contributed by atoms with van der Waals surface area (Å²) in [5.74, 6) is 1.06. The van der Waals surface area contributed by atoms with Crippen molar-refractivity contribution >= 4 is 11.8 Å². The van der Waals surface area contributed by atoms with Crippen molar-refractivity contribution in [1.82, 2.24) is 14.9 Å². The first-order valence-corrected chi connectivity index (χ1v) is 5.00. The van der Waals surface area contributed by atoms with E-state index in [0.29, 0.717) is 6.04 Å². The van der Waals surface area contributed by atoms with Crippen LogP contribution in [-0.2, 0) is 7.05 Å². The number of imidazole rings is 1. The molecule has 1 unspecified atom stereocenters. The lowest BCUT2D eigenvalue weighted by atomic mass is 10.4. The Morgan fingerprint density at radius 2 is 2.50 bits per heavy atom. The summed E-state index contributed by atoms with van der Waals surface area (Å²) >= 11 is 1.78. The van der Waals surface area contributed by atoms with E-state index in [1.165, 1.54) is 0 Å². The van der Waals surface area contributed by atoms with Crippen LogP contribution in [0.5, 0.6) is 0 Å². The largest absolute Gasteiger partial charge is 0.329 e. The third-order valence-corrected chi connectivity index (χ3v) is 3.05. The minimum Gasteiger partial charge on any atom is -0.329 e. The zero-order valence-electron chi connectivity index (χ0n) is 7.74. The first-order valence-electron chi connectivity index (χ1n) is 4.01. The molecule has 0 aliphatic carbocycles. The lowest BCUT2D eigenvalue weighted by Gasteiger charge is -2.08. The minimum absolute atomic E-state index is 0.534. The second-order valence-electron chi connectivity index (χ2n) is 2.82. The highest BCUT2D eigenvalue weighted by Crippen LogP contribution is 2.14. The van der Waals surface area contributed by atoms with Gasteiger partial charge < -0.3 is 9.88 Å². The Morgan fingerprint density at radius 1 is 1.75 bits per heavy atom. The van der Waals surface area contributed by atoms with E-state index in [9.17, 15) is 0 Å². The monoisotopic (exact) mass is 185 g/mol. The summed E-state index contributed by atoms with van der Waals surface area (Å²) < 4.78 is 2.03. The van der Waals surface area contributed by atoms with Gasteiger partial charge >= 0.3 is 0 Å². The molecule has 0 fully saturated rings. The van der Waals surface area contributed by atoms with Crippen LogP contribution in [0.1, 0.15) is 6.92 Å². The third kappa shape index (κ3) is 2.53. The molecule has 0 aliphatic rings. The quantitative estimate of drug-likeness (QED) is 0.713. The molecule has 0 bridgehead atoms. The molecule has 0 aliphatic heterocycles. The van der Waals surface area contributed by atoms with Gasteiger partial charge in [0.05, 0.1) is 0 Å². The van der Waals surface area contributed by atoms with Crippen molar-refractivity contribution < 1.29 is 0 Å². The average molecular weight is 185 g/mol. The van der Waals surface area contributed by atoms with E-state index < -0.39 is 0 Å². The summed E-state index contributed by atoms with van der Waals surface area (Å²) in [4.78, 5) is 4.22. The number of hydrogen-bond donors (Lipinski definition) is 1. The number of nitrogens with zero attached hydrogens (tertiary/aromatic N) is 2.